The molecule has 0 saturated heterocycles. The Kier molecular flexibility index (Phi) is 4.44. The number of imidazole rings is 1. The number of halogens is 3. The van der Waals surface area contributed by atoms with Gasteiger partial charge in [-0.25, -0.2) is 4.98 Å². The predicted molar refractivity (Wildman–Crippen MR) is 70.2 cm³/mol. The van der Waals surface area contributed by atoms with Crippen LogP contribution in [0.5, 0.6) is 0 Å². The molecule has 0 saturated carbocycles. The van der Waals surface area contributed by atoms with Crippen molar-refractivity contribution >= 4 is 0 Å². The molecule has 0 aliphatic rings. The maximum Gasteiger partial charge on any atom is 0.416 e. The number of hydrogen-bond acceptors (Lipinski definition) is 2. The van der Waals surface area contributed by atoms with Gasteiger partial charge in [0.2, 0.25) is 0 Å². The van der Waals surface area contributed by atoms with Crippen molar-refractivity contribution in [2.24, 2.45) is 0 Å². The van der Waals surface area contributed by atoms with Gasteiger partial charge in [0, 0.05) is 19.3 Å². The third-order valence-electron chi connectivity index (χ3n) is 2.86. The van der Waals surface area contributed by atoms with Gasteiger partial charge >= 0.3 is 6.18 Å². The van der Waals surface area contributed by atoms with Crippen molar-refractivity contribution in [1.82, 2.24) is 14.9 Å². The summed E-state index contributed by atoms with van der Waals surface area (Å²) in [5.74, 6) is 0. The van der Waals surface area contributed by atoms with Crippen LogP contribution in [0.3, 0.4) is 0 Å². The first-order valence-electron chi connectivity index (χ1n) is 6.36. The van der Waals surface area contributed by atoms with Crippen LogP contribution in [0.15, 0.2) is 36.8 Å². The van der Waals surface area contributed by atoms with Crippen LogP contribution in [0.1, 0.15) is 23.7 Å². The summed E-state index contributed by atoms with van der Waals surface area (Å²) in [7, 11) is 0. The van der Waals surface area contributed by atoms with Gasteiger partial charge in [-0.2, -0.15) is 13.2 Å². The van der Waals surface area contributed by atoms with Crippen LogP contribution >= 0.6 is 0 Å². The van der Waals surface area contributed by atoms with Gasteiger partial charge in [0.15, 0.2) is 0 Å². The molecule has 0 spiro atoms. The number of alkyl halides is 3. The van der Waals surface area contributed by atoms with Gasteiger partial charge in [0.05, 0.1) is 17.6 Å². The molecule has 1 heterocycles. The second-order valence-electron chi connectivity index (χ2n) is 4.52. The standard InChI is InChI=1S/C14H16F3N3/c1-2-18-7-13-9-20(10-19-13)8-11-4-3-5-12(6-11)14(15,16)17/h3-6,9-10,18H,2,7-8H2,1H3. The minimum Gasteiger partial charge on any atom is -0.333 e. The molecule has 108 valence electrons. The van der Waals surface area contributed by atoms with E-state index in [1.54, 1.807) is 17.0 Å². The number of nitrogens with zero attached hydrogens (tertiary/aromatic N) is 2. The molecular formula is C14H16F3N3. The van der Waals surface area contributed by atoms with Crippen molar-refractivity contribution in [1.29, 1.82) is 0 Å². The Bertz CT molecular complexity index is 561. The molecule has 1 aromatic heterocycles. The fraction of sp³-hybridized carbons (Fsp3) is 0.357. The van der Waals surface area contributed by atoms with E-state index in [1.807, 2.05) is 13.1 Å². The third-order valence-corrected chi connectivity index (χ3v) is 2.86. The smallest absolute Gasteiger partial charge is 0.333 e. The lowest BCUT2D eigenvalue weighted by Gasteiger charge is -2.09. The number of nitrogens with one attached hydrogen (secondary N) is 1. The first-order valence-corrected chi connectivity index (χ1v) is 6.36. The molecule has 0 aliphatic carbocycles. The van der Waals surface area contributed by atoms with Crippen LogP contribution in [-0.2, 0) is 19.3 Å². The highest BCUT2D eigenvalue weighted by molar-refractivity contribution is 5.26. The van der Waals surface area contributed by atoms with E-state index in [4.69, 9.17) is 0 Å². The molecule has 0 amide bonds. The predicted octanol–water partition coefficient (Wildman–Crippen LogP) is 3.06. The summed E-state index contributed by atoms with van der Waals surface area (Å²) in [5, 5.41) is 3.15. The largest absolute Gasteiger partial charge is 0.416 e. The zero-order valence-electron chi connectivity index (χ0n) is 11.1. The molecule has 0 fully saturated rings. The summed E-state index contributed by atoms with van der Waals surface area (Å²) in [6.07, 6.45) is -0.836. The molecule has 6 heteroatoms. The molecule has 0 aliphatic heterocycles. The van der Waals surface area contributed by atoms with Gasteiger partial charge in [0.25, 0.3) is 0 Å². The van der Waals surface area contributed by atoms with Gasteiger partial charge in [-0.15, -0.1) is 0 Å². The lowest BCUT2D eigenvalue weighted by atomic mass is 10.1. The van der Waals surface area contributed by atoms with Crippen LogP contribution in [-0.4, -0.2) is 16.1 Å². The molecule has 0 radical (unpaired) electrons. The molecule has 0 unspecified atom stereocenters. The Morgan fingerprint density at radius 2 is 2.10 bits per heavy atom. The molecular weight excluding hydrogens is 267 g/mol. The van der Waals surface area contributed by atoms with Gasteiger partial charge in [-0.05, 0) is 24.2 Å². The third kappa shape index (κ3) is 3.84. The van der Waals surface area contributed by atoms with E-state index in [0.717, 1.165) is 18.3 Å². The fourth-order valence-electron chi connectivity index (χ4n) is 1.89. The molecule has 0 atom stereocenters. The van der Waals surface area contributed by atoms with Gasteiger partial charge < -0.3 is 9.88 Å². The Morgan fingerprint density at radius 3 is 2.80 bits per heavy atom. The Labute approximate surface area is 115 Å². The average Bonchev–Trinajstić information content (AvgIpc) is 2.83. The second kappa shape index (κ2) is 6.09. The molecule has 20 heavy (non-hydrogen) atoms. The topological polar surface area (TPSA) is 29.9 Å². The minimum atomic E-state index is -4.30. The molecule has 2 aromatic rings. The highest BCUT2D eigenvalue weighted by Gasteiger charge is 2.30. The van der Waals surface area contributed by atoms with Crippen molar-refractivity contribution < 1.29 is 13.2 Å². The number of hydrogen-bond donors (Lipinski definition) is 1. The first kappa shape index (κ1) is 14.6. The number of aromatic nitrogens is 2. The molecule has 0 bridgehead atoms. The highest BCUT2D eigenvalue weighted by atomic mass is 19.4. The zero-order chi connectivity index (χ0) is 14.6. The normalized spacial score (nSPS) is 11.8. The van der Waals surface area contributed by atoms with Gasteiger partial charge in [0.1, 0.15) is 0 Å². The summed E-state index contributed by atoms with van der Waals surface area (Å²) in [6.45, 7) is 3.88. The summed E-state index contributed by atoms with van der Waals surface area (Å²) >= 11 is 0. The maximum atomic E-state index is 12.6. The van der Waals surface area contributed by atoms with Crippen LogP contribution in [0, 0.1) is 0 Å². The van der Waals surface area contributed by atoms with Crippen LogP contribution in [0.25, 0.3) is 0 Å². The Hall–Kier alpha value is -1.82. The van der Waals surface area contributed by atoms with Crippen LogP contribution in [0.2, 0.25) is 0 Å². The summed E-state index contributed by atoms with van der Waals surface area (Å²) < 4.78 is 39.6. The van der Waals surface area contributed by atoms with E-state index in [0.29, 0.717) is 18.7 Å². The quantitative estimate of drug-likeness (QED) is 0.914. The van der Waals surface area contributed by atoms with Crippen LogP contribution < -0.4 is 5.32 Å². The average molecular weight is 283 g/mol. The highest BCUT2D eigenvalue weighted by Crippen LogP contribution is 2.29. The number of benzene rings is 1. The lowest BCUT2D eigenvalue weighted by Crippen LogP contribution is -2.11. The van der Waals surface area contributed by atoms with Crippen molar-refractivity contribution in [2.45, 2.75) is 26.2 Å². The zero-order valence-corrected chi connectivity index (χ0v) is 11.1. The van der Waals surface area contributed by atoms with Gasteiger partial charge in [-0.3, -0.25) is 0 Å². The number of rotatable bonds is 5. The van der Waals surface area contributed by atoms with E-state index in [-0.39, 0.29) is 0 Å². The van der Waals surface area contributed by atoms with E-state index in [2.05, 4.69) is 10.3 Å². The Morgan fingerprint density at radius 1 is 1.30 bits per heavy atom. The summed E-state index contributed by atoms with van der Waals surface area (Å²) in [5.41, 5.74) is 0.856. The van der Waals surface area contributed by atoms with E-state index in [1.165, 1.54) is 12.1 Å². The van der Waals surface area contributed by atoms with E-state index in [9.17, 15) is 13.2 Å². The lowest BCUT2D eigenvalue weighted by molar-refractivity contribution is -0.137. The Balaban J connectivity index is 2.08. The summed E-state index contributed by atoms with van der Waals surface area (Å²) in [6, 6.07) is 5.35. The molecule has 1 N–H and O–H groups in total. The van der Waals surface area contributed by atoms with E-state index >= 15 is 0 Å². The summed E-state index contributed by atoms with van der Waals surface area (Å²) in [4.78, 5) is 4.20. The van der Waals surface area contributed by atoms with Crippen molar-refractivity contribution in [3.63, 3.8) is 0 Å². The van der Waals surface area contributed by atoms with Crippen LogP contribution in [0.4, 0.5) is 13.2 Å². The monoisotopic (exact) mass is 283 g/mol. The van der Waals surface area contributed by atoms with Crippen molar-refractivity contribution in [3.05, 3.63) is 53.6 Å². The van der Waals surface area contributed by atoms with Crippen molar-refractivity contribution in [2.75, 3.05) is 6.54 Å². The molecule has 3 nitrogen and oxygen atoms in total. The first-order chi connectivity index (χ1) is 9.49. The van der Waals surface area contributed by atoms with Crippen molar-refractivity contribution in [3.8, 4) is 0 Å². The minimum absolute atomic E-state index is 0.378. The van der Waals surface area contributed by atoms with E-state index < -0.39 is 11.7 Å². The SMILES string of the molecule is CCNCc1cn(Cc2cccc(C(F)(F)F)c2)cn1. The van der Waals surface area contributed by atoms with Gasteiger partial charge in [-0.1, -0.05) is 19.1 Å². The fourth-order valence-corrected chi connectivity index (χ4v) is 1.89. The second-order valence-corrected chi connectivity index (χ2v) is 4.52. The maximum absolute atomic E-state index is 12.6. The molecule has 2 rings (SSSR count). The molecule has 1 aromatic carbocycles.